The van der Waals surface area contributed by atoms with Crippen LogP contribution in [0.15, 0.2) is 30.3 Å². The minimum Gasteiger partial charge on any atom is -0.328 e. The van der Waals surface area contributed by atoms with Gasteiger partial charge in [0.1, 0.15) is 0 Å². The van der Waals surface area contributed by atoms with Crippen molar-refractivity contribution in [3.8, 4) is 0 Å². The maximum Gasteiger partial charge on any atom is 0.374 e. The monoisotopic (exact) mass is 414 g/mol. The fourth-order valence-corrected chi connectivity index (χ4v) is 4.13. The molecule has 12 heteroatoms. The third-order valence-corrected chi connectivity index (χ3v) is 5.25. The van der Waals surface area contributed by atoms with Gasteiger partial charge >= 0.3 is 24.8 Å². The maximum absolute atomic E-state index is 12.0. The fourth-order valence-electron chi connectivity index (χ4n) is 0.912. The van der Waals surface area contributed by atoms with E-state index in [0.29, 0.717) is 0 Å². The molecule has 0 aliphatic heterocycles. The van der Waals surface area contributed by atoms with Crippen molar-refractivity contribution in [2.75, 3.05) is 0 Å². The second-order valence-corrected chi connectivity index (χ2v) is 6.33. The van der Waals surface area contributed by atoms with Crippen molar-refractivity contribution in [1.82, 2.24) is 0 Å². The van der Waals surface area contributed by atoms with E-state index in [-0.39, 0.29) is 44.3 Å². The number of rotatable bonds is 5. The van der Waals surface area contributed by atoms with Crippen molar-refractivity contribution in [3.05, 3.63) is 30.3 Å². The summed E-state index contributed by atoms with van der Waals surface area (Å²) < 4.78 is 20.7. The molecule has 0 saturated heterocycles. The molecule has 0 aliphatic carbocycles. The summed E-state index contributed by atoms with van der Waals surface area (Å²) in [5.74, 6) is 0. The van der Waals surface area contributed by atoms with E-state index in [9.17, 15) is 4.57 Å². The normalized spacial score (nSPS) is 11.0. The number of hydrogen-bond donors (Lipinski definition) is 4. The van der Waals surface area contributed by atoms with E-state index < -0.39 is 24.8 Å². The summed E-state index contributed by atoms with van der Waals surface area (Å²) in [4.78, 5) is 34.6. The SMILES string of the molecule is O=P(OP(O)O)(OP(O)O)c1ccccc1.[Zn].[Zn]. The Morgan fingerprint density at radius 2 is 1.28 bits per heavy atom. The van der Waals surface area contributed by atoms with Crippen LogP contribution in [0, 0.1) is 0 Å². The molecule has 4 N–H and O–H groups in total. The summed E-state index contributed by atoms with van der Waals surface area (Å²) in [6.07, 6.45) is 0. The summed E-state index contributed by atoms with van der Waals surface area (Å²) in [6.45, 7) is 0. The summed E-state index contributed by atoms with van der Waals surface area (Å²) in [7, 11) is -10.0. The van der Waals surface area contributed by atoms with Crippen LogP contribution < -0.4 is 5.30 Å². The van der Waals surface area contributed by atoms with Crippen LogP contribution in [0.5, 0.6) is 0 Å². The Morgan fingerprint density at radius 1 is 0.889 bits per heavy atom. The van der Waals surface area contributed by atoms with Crippen LogP contribution in [0.1, 0.15) is 0 Å². The molecule has 7 nitrogen and oxygen atoms in total. The van der Waals surface area contributed by atoms with Gasteiger partial charge in [0.05, 0.1) is 5.30 Å². The molecular weight excluding hydrogens is 408 g/mol. The predicted molar refractivity (Wildman–Crippen MR) is 58.6 cm³/mol. The molecule has 0 aliphatic rings. The first kappa shape index (κ1) is 21.6. The van der Waals surface area contributed by atoms with E-state index in [1.54, 1.807) is 6.07 Å². The Hall–Kier alpha value is 1.32. The topological polar surface area (TPSA) is 116 Å². The Labute approximate surface area is 132 Å². The predicted octanol–water partition coefficient (Wildman–Crippen LogP) is 0.956. The Morgan fingerprint density at radius 3 is 1.61 bits per heavy atom. The van der Waals surface area contributed by atoms with Gasteiger partial charge in [-0.25, -0.2) is 8.62 Å². The second kappa shape index (κ2) is 10.1. The van der Waals surface area contributed by atoms with E-state index in [1.807, 2.05) is 0 Å². The van der Waals surface area contributed by atoms with Crippen molar-refractivity contribution in [2.45, 2.75) is 0 Å². The van der Waals surface area contributed by atoms with Crippen molar-refractivity contribution in [2.24, 2.45) is 0 Å². The Bertz CT molecular complexity index is 363. The van der Waals surface area contributed by atoms with Crippen molar-refractivity contribution in [3.63, 3.8) is 0 Å². The molecule has 0 radical (unpaired) electrons. The molecule has 1 rings (SSSR count). The van der Waals surface area contributed by atoms with Crippen LogP contribution in [0.2, 0.25) is 0 Å². The third kappa shape index (κ3) is 7.19. The first-order valence-electron chi connectivity index (χ1n) is 3.85. The van der Waals surface area contributed by atoms with Gasteiger partial charge in [0.2, 0.25) is 0 Å². The third-order valence-electron chi connectivity index (χ3n) is 1.43. The van der Waals surface area contributed by atoms with Gasteiger partial charge in [-0.1, -0.05) is 18.2 Å². The van der Waals surface area contributed by atoms with Gasteiger partial charge in [0.25, 0.3) is 0 Å². The molecule has 0 amide bonds. The van der Waals surface area contributed by atoms with Gasteiger partial charge in [-0.15, -0.1) is 0 Å². The molecule has 1 aromatic carbocycles. The number of benzene rings is 1. The molecule has 0 spiro atoms. The van der Waals surface area contributed by atoms with E-state index in [0.717, 1.165) is 0 Å². The molecule has 1 aromatic rings. The van der Waals surface area contributed by atoms with E-state index >= 15 is 0 Å². The molecule has 0 saturated carbocycles. The van der Waals surface area contributed by atoms with E-state index in [4.69, 9.17) is 19.6 Å². The molecule has 94 valence electrons. The molecule has 0 aromatic heterocycles. The standard InChI is InChI=1S/C6H9O7P3.2Zn/c7-14(8)12-16(11,13-15(9)10)6-4-2-1-3-5-6;;/h1-5,7-10H;;. The smallest absolute Gasteiger partial charge is 0.328 e. The average molecular weight is 417 g/mol. The van der Waals surface area contributed by atoms with Crippen LogP contribution in [-0.2, 0) is 52.1 Å². The largest absolute Gasteiger partial charge is 0.374 e. The zero-order valence-electron chi connectivity index (χ0n) is 9.16. The average Bonchev–Trinajstić information content (AvgIpc) is 2.16. The molecule has 0 bridgehead atoms. The summed E-state index contributed by atoms with van der Waals surface area (Å²) in [5, 5.41) is 0.00111. The Kier molecular flexibility index (Phi) is 12.1. The molecule has 0 unspecified atom stereocenters. The summed E-state index contributed by atoms with van der Waals surface area (Å²) in [6, 6.07) is 7.36. The molecule has 0 heterocycles. The molecular formula is C6H9O7P3Zn2. The van der Waals surface area contributed by atoms with Crippen LogP contribution in [0.3, 0.4) is 0 Å². The minimum atomic E-state index is -4.13. The second-order valence-electron chi connectivity index (χ2n) is 2.50. The van der Waals surface area contributed by atoms with Gasteiger partial charge in [0, 0.05) is 39.0 Å². The Balaban J connectivity index is 0. The zero-order valence-corrected chi connectivity index (χ0v) is 17.8. The van der Waals surface area contributed by atoms with Gasteiger partial charge < -0.3 is 19.6 Å². The maximum atomic E-state index is 12.0. The van der Waals surface area contributed by atoms with Crippen LogP contribution >= 0.6 is 24.8 Å². The first-order valence-corrected chi connectivity index (χ1v) is 7.72. The van der Waals surface area contributed by atoms with Gasteiger partial charge in [-0.3, -0.25) is 4.57 Å². The first-order chi connectivity index (χ1) is 7.44. The van der Waals surface area contributed by atoms with Crippen molar-refractivity contribution >= 4 is 30.1 Å². The summed E-state index contributed by atoms with van der Waals surface area (Å²) >= 11 is 0. The quantitative estimate of drug-likeness (QED) is 0.417. The molecule has 18 heavy (non-hydrogen) atoms. The van der Waals surface area contributed by atoms with Gasteiger partial charge in [0.15, 0.2) is 0 Å². The van der Waals surface area contributed by atoms with E-state index in [2.05, 4.69) is 8.62 Å². The van der Waals surface area contributed by atoms with E-state index in [1.165, 1.54) is 24.3 Å². The molecule has 0 fully saturated rings. The molecule has 0 atom stereocenters. The van der Waals surface area contributed by atoms with Gasteiger partial charge in [-0.2, -0.15) is 0 Å². The van der Waals surface area contributed by atoms with Crippen LogP contribution in [0.25, 0.3) is 0 Å². The fraction of sp³-hybridized carbons (Fsp3) is 0. The van der Waals surface area contributed by atoms with Gasteiger partial charge in [-0.05, 0) is 12.1 Å². The van der Waals surface area contributed by atoms with Crippen LogP contribution in [-0.4, -0.2) is 19.6 Å². The van der Waals surface area contributed by atoms with Crippen molar-refractivity contribution < 1.29 is 71.7 Å². The van der Waals surface area contributed by atoms with Crippen molar-refractivity contribution in [1.29, 1.82) is 0 Å². The zero-order chi connectivity index (χ0) is 12.2. The number of hydrogen-bond acceptors (Lipinski definition) is 7. The van der Waals surface area contributed by atoms with Crippen LogP contribution in [0.4, 0.5) is 0 Å². The summed E-state index contributed by atoms with van der Waals surface area (Å²) in [5.41, 5.74) is 0. The minimum absolute atomic E-state index is 0.